The van der Waals surface area contributed by atoms with E-state index in [9.17, 15) is 0 Å². The quantitative estimate of drug-likeness (QED) is 0.826. The minimum atomic E-state index is 0.152. The van der Waals surface area contributed by atoms with E-state index in [2.05, 4.69) is 11.8 Å². The highest BCUT2D eigenvalue weighted by Crippen LogP contribution is 2.21. The van der Waals surface area contributed by atoms with Crippen LogP contribution in [0.15, 0.2) is 18.2 Å². The third-order valence-corrected chi connectivity index (χ3v) is 3.31. The number of nitrogens with zero attached hydrogens (tertiary/aromatic N) is 1. The largest absolute Gasteiger partial charge is 0.490 e. The number of hydrogen-bond donors (Lipinski definition) is 1. The molecule has 0 spiro atoms. The fourth-order valence-corrected chi connectivity index (χ4v) is 2.12. The molecule has 0 aliphatic carbocycles. The first-order valence-corrected chi connectivity index (χ1v) is 6.52. The smallest absolute Gasteiger partial charge is 0.124 e. The van der Waals surface area contributed by atoms with Gasteiger partial charge in [-0.2, -0.15) is 0 Å². The highest BCUT2D eigenvalue weighted by Gasteiger charge is 2.19. The van der Waals surface area contributed by atoms with Gasteiger partial charge in [-0.05, 0) is 25.1 Å². The van der Waals surface area contributed by atoms with E-state index in [1.807, 2.05) is 25.1 Å². The van der Waals surface area contributed by atoms with Crippen LogP contribution in [0.4, 0.5) is 5.69 Å². The Labute approximate surface area is 109 Å². The minimum Gasteiger partial charge on any atom is -0.490 e. The number of nitrogen functional groups attached to an aromatic ring is 1. The van der Waals surface area contributed by atoms with Crippen LogP contribution in [0, 0.1) is 6.92 Å². The summed E-state index contributed by atoms with van der Waals surface area (Å²) in [6.45, 7) is 8.60. The summed E-state index contributed by atoms with van der Waals surface area (Å²) in [5, 5.41) is 0. The average Bonchev–Trinajstić information content (AvgIpc) is 2.40. The molecule has 0 aromatic heterocycles. The van der Waals surface area contributed by atoms with Crippen molar-refractivity contribution in [2.24, 2.45) is 0 Å². The van der Waals surface area contributed by atoms with Crippen molar-refractivity contribution in [1.29, 1.82) is 0 Å². The summed E-state index contributed by atoms with van der Waals surface area (Å²) < 4.78 is 11.5. The standard InChI is InChI=1S/C14H22N2O2/c1-3-16-6-7-17-13(9-16)10-18-14-8-12(15)5-4-11(14)2/h4-5,8,13H,3,6-7,9-10,15H2,1-2H3. The molecule has 0 radical (unpaired) electrons. The van der Waals surface area contributed by atoms with Crippen molar-refractivity contribution >= 4 is 5.69 Å². The van der Waals surface area contributed by atoms with Crippen molar-refractivity contribution in [2.75, 3.05) is 38.6 Å². The van der Waals surface area contributed by atoms with Crippen molar-refractivity contribution in [1.82, 2.24) is 4.90 Å². The number of nitrogens with two attached hydrogens (primary N) is 1. The lowest BCUT2D eigenvalue weighted by Gasteiger charge is -2.32. The molecule has 2 N–H and O–H groups in total. The van der Waals surface area contributed by atoms with Crippen LogP contribution >= 0.6 is 0 Å². The van der Waals surface area contributed by atoms with E-state index in [0.717, 1.165) is 43.2 Å². The maximum atomic E-state index is 5.82. The van der Waals surface area contributed by atoms with Crippen molar-refractivity contribution in [3.05, 3.63) is 23.8 Å². The topological polar surface area (TPSA) is 47.7 Å². The third kappa shape index (κ3) is 3.37. The highest BCUT2D eigenvalue weighted by molar-refractivity contribution is 5.47. The van der Waals surface area contributed by atoms with Gasteiger partial charge in [-0.1, -0.05) is 13.0 Å². The molecule has 0 saturated carbocycles. The second-order valence-electron chi connectivity index (χ2n) is 4.72. The van der Waals surface area contributed by atoms with E-state index >= 15 is 0 Å². The zero-order valence-electron chi connectivity index (χ0n) is 11.2. The van der Waals surface area contributed by atoms with E-state index in [1.54, 1.807) is 0 Å². The molecule has 1 atom stereocenters. The summed E-state index contributed by atoms with van der Waals surface area (Å²) in [6.07, 6.45) is 0.152. The first-order valence-electron chi connectivity index (χ1n) is 6.52. The zero-order chi connectivity index (χ0) is 13.0. The summed E-state index contributed by atoms with van der Waals surface area (Å²) in [5.41, 5.74) is 7.60. The Bertz CT molecular complexity index is 395. The Kier molecular flexibility index (Phi) is 4.44. The molecule has 1 unspecified atom stereocenters. The molecule has 1 heterocycles. The number of hydrogen-bond acceptors (Lipinski definition) is 4. The van der Waals surface area contributed by atoms with Crippen LogP contribution in [0.25, 0.3) is 0 Å². The van der Waals surface area contributed by atoms with E-state index in [1.165, 1.54) is 0 Å². The van der Waals surface area contributed by atoms with Gasteiger partial charge in [0.25, 0.3) is 0 Å². The number of benzene rings is 1. The molecule has 1 fully saturated rings. The van der Waals surface area contributed by atoms with Gasteiger partial charge < -0.3 is 15.2 Å². The number of likely N-dealkylation sites (N-methyl/N-ethyl adjacent to an activating group) is 1. The predicted octanol–water partition coefficient (Wildman–Crippen LogP) is 1.68. The average molecular weight is 250 g/mol. The van der Waals surface area contributed by atoms with E-state index in [0.29, 0.717) is 6.61 Å². The number of rotatable bonds is 4. The first kappa shape index (κ1) is 13.2. The lowest BCUT2D eigenvalue weighted by molar-refractivity contribution is -0.0464. The van der Waals surface area contributed by atoms with Crippen LogP contribution in [-0.2, 0) is 4.74 Å². The van der Waals surface area contributed by atoms with Gasteiger partial charge in [-0.15, -0.1) is 0 Å². The lowest BCUT2D eigenvalue weighted by Crippen LogP contribution is -2.44. The fraction of sp³-hybridized carbons (Fsp3) is 0.571. The molecule has 100 valence electrons. The monoisotopic (exact) mass is 250 g/mol. The molecule has 1 aromatic carbocycles. The Morgan fingerprint density at radius 2 is 2.33 bits per heavy atom. The molecule has 1 aliphatic rings. The molecule has 2 rings (SSSR count). The van der Waals surface area contributed by atoms with Crippen LogP contribution in [-0.4, -0.2) is 43.9 Å². The Balaban J connectivity index is 1.89. The van der Waals surface area contributed by atoms with Gasteiger partial charge in [0.15, 0.2) is 0 Å². The number of anilines is 1. The van der Waals surface area contributed by atoms with Gasteiger partial charge in [0.05, 0.1) is 6.61 Å². The van der Waals surface area contributed by atoms with Crippen molar-refractivity contribution in [3.8, 4) is 5.75 Å². The van der Waals surface area contributed by atoms with Crippen molar-refractivity contribution < 1.29 is 9.47 Å². The SMILES string of the molecule is CCN1CCOC(COc2cc(N)ccc2C)C1. The maximum absolute atomic E-state index is 5.82. The van der Waals surface area contributed by atoms with Gasteiger partial charge in [0.2, 0.25) is 0 Å². The van der Waals surface area contributed by atoms with Crippen molar-refractivity contribution in [2.45, 2.75) is 20.0 Å². The van der Waals surface area contributed by atoms with E-state index in [-0.39, 0.29) is 6.10 Å². The number of morpholine rings is 1. The number of aryl methyl sites for hydroxylation is 1. The van der Waals surface area contributed by atoms with E-state index < -0.39 is 0 Å². The fourth-order valence-electron chi connectivity index (χ4n) is 2.12. The Hall–Kier alpha value is -1.26. The summed E-state index contributed by atoms with van der Waals surface area (Å²) in [4.78, 5) is 2.38. The molecule has 1 aromatic rings. The van der Waals surface area contributed by atoms with Crippen molar-refractivity contribution in [3.63, 3.8) is 0 Å². The second-order valence-corrected chi connectivity index (χ2v) is 4.72. The highest BCUT2D eigenvalue weighted by atomic mass is 16.5. The summed E-state index contributed by atoms with van der Waals surface area (Å²) in [6, 6.07) is 5.73. The summed E-state index contributed by atoms with van der Waals surface area (Å²) in [5.74, 6) is 0.854. The van der Waals surface area contributed by atoms with Crippen LogP contribution in [0.5, 0.6) is 5.75 Å². The third-order valence-electron chi connectivity index (χ3n) is 3.31. The maximum Gasteiger partial charge on any atom is 0.124 e. The Morgan fingerprint density at radius 1 is 1.50 bits per heavy atom. The Morgan fingerprint density at radius 3 is 3.11 bits per heavy atom. The van der Waals surface area contributed by atoms with Crippen LogP contribution in [0.2, 0.25) is 0 Å². The molecular formula is C14H22N2O2. The molecule has 1 aliphatic heterocycles. The summed E-state index contributed by atoms with van der Waals surface area (Å²) >= 11 is 0. The van der Waals surface area contributed by atoms with Gasteiger partial charge >= 0.3 is 0 Å². The van der Waals surface area contributed by atoms with Gasteiger partial charge in [0.1, 0.15) is 18.5 Å². The van der Waals surface area contributed by atoms with Gasteiger partial charge in [0, 0.05) is 24.8 Å². The number of ether oxygens (including phenoxy) is 2. The van der Waals surface area contributed by atoms with Crippen LogP contribution in [0.3, 0.4) is 0 Å². The molecule has 18 heavy (non-hydrogen) atoms. The normalized spacial score (nSPS) is 20.9. The van der Waals surface area contributed by atoms with Gasteiger partial charge in [-0.3, -0.25) is 4.90 Å². The van der Waals surface area contributed by atoms with Crippen LogP contribution < -0.4 is 10.5 Å². The molecule has 1 saturated heterocycles. The molecule has 4 heteroatoms. The lowest BCUT2D eigenvalue weighted by atomic mass is 10.2. The van der Waals surface area contributed by atoms with E-state index in [4.69, 9.17) is 15.2 Å². The first-order chi connectivity index (χ1) is 8.69. The molecule has 0 amide bonds. The molecule has 0 bridgehead atoms. The summed E-state index contributed by atoms with van der Waals surface area (Å²) in [7, 11) is 0. The predicted molar refractivity (Wildman–Crippen MR) is 72.9 cm³/mol. The zero-order valence-corrected chi connectivity index (χ0v) is 11.2. The molecular weight excluding hydrogens is 228 g/mol. The molecule has 4 nitrogen and oxygen atoms in total. The second kappa shape index (κ2) is 6.07. The van der Waals surface area contributed by atoms with Crippen LogP contribution in [0.1, 0.15) is 12.5 Å². The minimum absolute atomic E-state index is 0.152. The van der Waals surface area contributed by atoms with Gasteiger partial charge in [-0.25, -0.2) is 0 Å².